The summed E-state index contributed by atoms with van der Waals surface area (Å²) < 4.78 is 41.5. The van der Waals surface area contributed by atoms with Gasteiger partial charge in [-0.25, -0.2) is 4.98 Å². The van der Waals surface area contributed by atoms with Gasteiger partial charge >= 0.3 is 0 Å². The van der Waals surface area contributed by atoms with Crippen molar-refractivity contribution in [2.75, 3.05) is 19.2 Å². The summed E-state index contributed by atoms with van der Waals surface area (Å²) in [6.45, 7) is 4.48. The van der Waals surface area contributed by atoms with Crippen LogP contribution >= 0.6 is 11.3 Å². The van der Waals surface area contributed by atoms with Crippen LogP contribution in [0.3, 0.4) is 0 Å². The van der Waals surface area contributed by atoms with Gasteiger partial charge in [-0.2, -0.15) is 8.42 Å². The van der Waals surface area contributed by atoms with Gasteiger partial charge in [-0.05, 0) is 29.9 Å². The normalized spacial score (nSPS) is 14.8. The number of rotatable bonds is 8. The lowest BCUT2D eigenvalue weighted by atomic mass is 10.1. The van der Waals surface area contributed by atoms with Gasteiger partial charge in [-0.1, -0.05) is 13.8 Å². The number of sulfonamides is 1. The first kappa shape index (κ1) is 23.4. The molecule has 1 aliphatic rings. The Morgan fingerprint density at radius 2 is 2.12 bits per heavy atom. The van der Waals surface area contributed by atoms with E-state index in [2.05, 4.69) is 14.7 Å². The van der Waals surface area contributed by atoms with Crippen molar-refractivity contribution in [3.8, 4) is 5.75 Å². The van der Waals surface area contributed by atoms with Crippen LogP contribution in [0.2, 0.25) is 0 Å². The summed E-state index contributed by atoms with van der Waals surface area (Å²) in [5.74, 6) is -0.264. The van der Waals surface area contributed by atoms with Gasteiger partial charge in [0.2, 0.25) is 0 Å². The molecule has 3 aromatic rings. The number of thiophene rings is 1. The topological polar surface area (TPSA) is 132 Å². The molecule has 1 aliphatic heterocycles. The van der Waals surface area contributed by atoms with Gasteiger partial charge in [-0.15, -0.1) is 15.7 Å². The van der Waals surface area contributed by atoms with Crippen LogP contribution in [0.1, 0.15) is 31.4 Å². The maximum atomic E-state index is 13.4. The van der Waals surface area contributed by atoms with E-state index in [4.69, 9.17) is 9.47 Å². The minimum absolute atomic E-state index is 0.00516. The molecule has 0 aliphatic carbocycles. The lowest BCUT2D eigenvalue weighted by Gasteiger charge is -2.19. The molecular weight excluding hydrogens is 468 g/mol. The number of hydrogen-bond acceptors (Lipinski definition) is 9. The molecule has 4 heterocycles. The zero-order valence-corrected chi connectivity index (χ0v) is 20.0. The first-order chi connectivity index (χ1) is 15.7. The van der Waals surface area contributed by atoms with Crippen LogP contribution in [-0.2, 0) is 32.6 Å². The molecule has 0 saturated heterocycles. The van der Waals surface area contributed by atoms with Crippen molar-refractivity contribution in [2.45, 2.75) is 38.3 Å². The molecule has 0 unspecified atom stereocenters. The average molecular weight is 493 g/mol. The van der Waals surface area contributed by atoms with Gasteiger partial charge < -0.3 is 19.9 Å². The molecule has 12 heteroatoms. The van der Waals surface area contributed by atoms with Crippen molar-refractivity contribution in [3.05, 3.63) is 45.2 Å². The van der Waals surface area contributed by atoms with E-state index in [9.17, 15) is 18.3 Å². The van der Waals surface area contributed by atoms with Crippen LogP contribution in [0.15, 0.2) is 37.8 Å². The number of aryl methyl sites for hydroxylation is 1. The number of nitrogens with zero attached hydrogens (tertiary/aromatic N) is 3. The molecule has 0 radical (unpaired) electrons. The summed E-state index contributed by atoms with van der Waals surface area (Å²) in [5.41, 5.74) is -0.00907. The molecule has 0 aromatic carbocycles. The second-order valence-corrected chi connectivity index (χ2v) is 10.4. The van der Waals surface area contributed by atoms with Crippen molar-refractivity contribution in [1.82, 2.24) is 9.55 Å². The van der Waals surface area contributed by atoms with E-state index in [1.165, 1.54) is 11.7 Å². The molecule has 2 N–H and O–H groups in total. The SMILES string of the molecule is COCOCc1csc2c1S(=O)(=O)N=C(c1c(O)c3cccnc3n(CCC(C)C)c1=O)N2. The van der Waals surface area contributed by atoms with Crippen molar-refractivity contribution < 1.29 is 23.0 Å². The number of hydrogen-bond donors (Lipinski definition) is 2. The minimum atomic E-state index is -4.15. The number of methoxy groups -OCH3 is 1. The predicted molar refractivity (Wildman–Crippen MR) is 125 cm³/mol. The Bertz CT molecular complexity index is 1390. The number of aromatic nitrogens is 2. The van der Waals surface area contributed by atoms with Gasteiger partial charge in [0.15, 0.2) is 5.84 Å². The fourth-order valence-corrected chi connectivity index (χ4v) is 6.14. The average Bonchev–Trinajstić information content (AvgIpc) is 3.17. The number of pyridine rings is 2. The highest BCUT2D eigenvalue weighted by Gasteiger charge is 2.33. The zero-order chi connectivity index (χ0) is 23.8. The van der Waals surface area contributed by atoms with Crippen LogP contribution in [0.5, 0.6) is 5.75 Å². The van der Waals surface area contributed by atoms with Crippen LogP contribution in [0, 0.1) is 5.92 Å². The van der Waals surface area contributed by atoms with Crippen molar-refractivity contribution in [2.24, 2.45) is 10.3 Å². The molecular formula is C21H24N4O6S2. The van der Waals surface area contributed by atoms with Crippen LogP contribution in [0.25, 0.3) is 11.0 Å². The molecule has 0 saturated carbocycles. The smallest absolute Gasteiger partial charge is 0.287 e. The van der Waals surface area contributed by atoms with E-state index in [0.29, 0.717) is 40.5 Å². The maximum absolute atomic E-state index is 13.4. The van der Waals surface area contributed by atoms with E-state index in [1.807, 2.05) is 13.8 Å². The molecule has 4 rings (SSSR count). The number of aromatic hydroxyl groups is 1. The molecule has 0 fully saturated rings. The summed E-state index contributed by atoms with van der Waals surface area (Å²) in [6.07, 6.45) is 2.24. The largest absolute Gasteiger partial charge is 0.506 e. The van der Waals surface area contributed by atoms with Crippen molar-refractivity contribution in [1.29, 1.82) is 0 Å². The van der Waals surface area contributed by atoms with Gasteiger partial charge in [0, 0.05) is 25.4 Å². The second-order valence-electron chi connectivity index (χ2n) is 7.95. The third kappa shape index (κ3) is 4.38. The van der Waals surface area contributed by atoms with Gasteiger partial charge in [0.05, 0.1) is 12.0 Å². The molecule has 176 valence electrons. The summed E-state index contributed by atoms with van der Waals surface area (Å²) in [4.78, 5) is 17.7. The number of amidine groups is 1. The lowest BCUT2D eigenvalue weighted by Crippen LogP contribution is -2.33. The molecule has 0 amide bonds. The third-order valence-electron chi connectivity index (χ3n) is 5.14. The number of ether oxygens (including phenoxy) is 2. The first-order valence-electron chi connectivity index (χ1n) is 10.2. The third-order valence-corrected chi connectivity index (χ3v) is 7.62. The van der Waals surface area contributed by atoms with Gasteiger partial charge in [0.25, 0.3) is 15.6 Å². The Morgan fingerprint density at radius 1 is 1.33 bits per heavy atom. The Hall–Kier alpha value is -2.80. The fraction of sp³-hybridized carbons (Fsp3) is 0.381. The summed E-state index contributed by atoms with van der Waals surface area (Å²) in [6, 6.07) is 3.27. The van der Waals surface area contributed by atoms with Gasteiger partial charge in [-0.3, -0.25) is 9.36 Å². The van der Waals surface area contributed by atoms with E-state index in [-0.39, 0.29) is 35.4 Å². The summed E-state index contributed by atoms with van der Waals surface area (Å²) >= 11 is 1.15. The second kappa shape index (κ2) is 9.21. The Morgan fingerprint density at radius 3 is 2.85 bits per heavy atom. The highest BCUT2D eigenvalue weighted by Crippen LogP contribution is 2.38. The molecule has 0 atom stereocenters. The predicted octanol–water partition coefficient (Wildman–Crippen LogP) is 2.89. The minimum Gasteiger partial charge on any atom is -0.506 e. The molecule has 0 bridgehead atoms. The van der Waals surface area contributed by atoms with Gasteiger partial charge in [0.1, 0.15) is 33.6 Å². The number of anilines is 1. The van der Waals surface area contributed by atoms with Crippen molar-refractivity contribution in [3.63, 3.8) is 0 Å². The molecule has 3 aromatic heterocycles. The first-order valence-corrected chi connectivity index (χ1v) is 12.6. The fourth-order valence-electron chi connectivity index (χ4n) is 3.56. The quantitative estimate of drug-likeness (QED) is 0.362. The van der Waals surface area contributed by atoms with E-state index >= 15 is 0 Å². The molecule has 10 nitrogen and oxygen atoms in total. The van der Waals surface area contributed by atoms with Crippen LogP contribution in [-0.4, -0.2) is 42.8 Å². The van der Waals surface area contributed by atoms with Crippen LogP contribution < -0.4 is 10.9 Å². The summed E-state index contributed by atoms with van der Waals surface area (Å²) in [5, 5.41) is 16.2. The molecule has 33 heavy (non-hydrogen) atoms. The maximum Gasteiger partial charge on any atom is 0.287 e. The standard InChI is InChI=1S/C21H24N4O6S2/c1-12(2)6-8-25-19-14(5-4-7-22-19)16(26)15(21(25)27)18-23-20-17(33(28,29)24-18)13(10-32-20)9-31-11-30-3/h4-5,7,10,12,26H,6,8-9,11H2,1-3H3,(H,23,24). The Balaban J connectivity index is 1.84. The Kier molecular flexibility index (Phi) is 6.52. The number of fused-ring (bicyclic) bond motifs is 2. The van der Waals surface area contributed by atoms with E-state index in [0.717, 1.165) is 11.3 Å². The zero-order valence-electron chi connectivity index (χ0n) is 18.4. The number of nitrogens with one attached hydrogen (secondary N) is 1. The van der Waals surface area contributed by atoms with E-state index < -0.39 is 15.6 Å². The highest BCUT2D eigenvalue weighted by atomic mass is 32.2. The van der Waals surface area contributed by atoms with E-state index in [1.54, 1.807) is 23.7 Å². The summed E-state index contributed by atoms with van der Waals surface area (Å²) in [7, 11) is -2.68. The van der Waals surface area contributed by atoms with Crippen molar-refractivity contribution >= 4 is 43.2 Å². The molecule has 0 spiro atoms. The van der Waals surface area contributed by atoms with Crippen LogP contribution in [0.4, 0.5) is 5.00 Å². The monoisotopic (exact) mass is 492 g/mol. The Labute approximate surface area is 194 Å². The highest BCUT2D eigenvalue weighted by molar-refractivity contribution is 7.90. The lowest BCUT2D eigenvalue weighted by molar-refractivity contribution is -0.0395.